The molecule has 0 amide bonds. The summed E-state index contributed by atoms with van der Waals surface area (Å²) in [6.07, 6.45) is -0.0307. The van der Waals surface area contributed by atoms with E-state index in [0.29, 0.717) is 21.0 Å². The van der Waals surface area contributed by atoms with E-state index in [1.54, 1.807) is 17.5 Å². The van der Waals surface area contributed by atoms with Crippen LogP contribution >= 0.6 is 22.7 Å². The minimum Gasteiger partial charge on any atom is -0.478 e. The zero-order valence-electron chi connectivity index (χ0n) is 14.9. The molecule has 0 spiro atoms. The van der Waals surface area contributed by atoms with Crippen LogP contribution in [0.4, 0.5) is 0 Å². The fourth-order valence-electron chi connectivity index (χ4n) is 3.26. The maximum atomic E-state index is 12.8. The lowest BCUT2D eigenvalue weighted by Crippen LogP contribution is -2.06. The molecule has 29 heavy (non-hydrogen) atoms. The van der Waals surface area contributed by atoms with E-state index in [0.717, 1.165) is 15.6 Å². The number of carboxylic acids is 1. The number of ketones is 1. The third kappa shape index (κ3) is 3.14. The Morgan fingerprint density at radius 3 is 2.66 bits per heavy atom. The second kappa shape index (κ2) is 6.95. The third-order valence-electron chi connectivity index (χ3n) is 4.63. The number of benzene rings is 2. The van der Waals surface area contributed by atoms with Crippen molar-refractivity contribution < 1.29 is 19.1 Å². The predicted molar refractivity (Wildman–Crippen MR) is 114 cm³/mol. The summed E-state index contributed by atoms with van der Waals surface area (Å²) in [5.41, 5.74) is 2.15. The van der Waals surface area contributed by atoms with Gasteiger partial charge in [0.25, 0.3) is 0 Å². The average Bonchev–Trinajstić information content (AvgIpc) is 3.43. The SMILES string of the molecule is O=C(Cc1scc(-c2nc3ccccc3s2)c1C(=O)O)c1cc2ccccc2o1. The van der Waals surface area contributed by atoms with Crippen molar-refractivity contribution in [1.29, 1.82) is 0 Å². The van der Waals surface area contributed by atoms with Crippen LogP contribution in [0.1, 0.15) is 25.8 Å². The van der Waals surface area contributed by atoms with Gasteiger partial charge in [-0.05, 0) is 24.3 Å². The van der Waals surface area contributed by atoms with Gasteiger partial charge in [0.15, 0.2) is 5.76 Å². The Labute approximate surface area is 172 Å². The number of thiophene rings is 1. The molecule has 2 aromatic carbocycles. The average molecular weight is 419 g/mol. The highest BCUT2D eigenvalue weighted by molar-refractivity contribution is 7.22. The predicted octanol–water partition coefficient (Wildman–Crippen LogP) is 5.89. The van der Waals surface area contributed by atoms with E-state index >= 15 is 0 Å². The summed E-state index contributed by atoms with van der Waals surface area (Å²) in [7, 11) is 0. The minimum absolute atomic E-state index is 0.0307. The highest BCUT2D eigenvalue weighted by Crippen LogP contribution is 2.37. The van der Waals surface area contributed by atoms with Gasteiger partial charge in [0.2, 0.25) is 5.78 Å². The van der Waals surface area contributed by atoms with E-state index in [9.17, 15) is 14.7 Å². The molecule has 0 aliphatic heterocycles. The summed E-state index contributed by atoms with van der Waals surface area (Å²) in [6, 6.07) is 16.7. The second-order valence-corrected chi connectivity index (χ2v) is 8.48. The molecule has 3 aromatic heterocycles. The number of hydrogen-bond acceptors (Lipinski definition) is 6. The fourth-order valence-corrected chi connectivity index (χ4v) is 5.34. The number of nitrogens with zero attached hydrogens (tertiary/aromatic N) is 1. The minimum atomic E-state index is -1.06. The molecule has 0 atom stereocenters. The number of Topliss-reactive ketones (excluding diaryl/α,β-unsaturated/α-hetero) is 1. The highest BCUT2D eigenvalue weighted by Gasteiger charge is 2.24. The number of furan rings is 1. The van der Waals surface area contributed by atoms with Crippen LogP contribution in [0.2, 0.25) is 0 Å². The molecule has 0 aliphatic rings. The summed E-state index contributed by atoms with van der Waals surface area (Å²) in [5.74, 6) is -1.08. The monoisotopic (exact) mass is 419 g/mol. The van der Waals surface area contributed by atoms with E-state index in [1.165, 1.54) is 22.7 Å². The molecule has 5 nitrogen and oxygen atoms in total. The van der Waals surface area contributed by atoms with E-state index in [-0.39, 0.29) is 23.5 Å². The smallest absolute Gasteiger partial charge is 0.337 e. The number of carboxylic acid groups (broad SMARTS) is 1. The lowest BCUT2D eigenvalue weighted by Gasteiger charge is -2.00. The number of fused-ring (bicyclic) bond motifs is 2. The van der Waals surface area contributed by atoms with Crippen molar-refractivity contribution in [3.63, 3.8) is 0 Å². The van der Waals surface area contributed by atoms with Crippen molar-refractivity contribution in [2.45, 2.75) is 6.42 Å². The molecular formula is C22H13NO4S2. The summed E-state index contributed by atoms with van der Waals surface area (Å²) < 4.78 is 6.62. The molecule has 0 saturated carbocycles. The van der Waals surface area contributed by atoms with Gasteiger partial charge < -0.3 is 9.52 Å². The van der Waals surface area contributed by atoms with E-state index < -0.39 is 5.97 Å². The zero-order valence-corrected chi connectivity index (χ0v) is 16.5. The van der Waals surface area contributed by atoms with Crippen molar-refractivity contribution in [3.8, 4) is 10.6 Å². The van der Waals surface area contributed by atoms with Crippen molar-refractivity contribution in [3.05, 3.63) is 76.2 Å². The van der Waals surface area contributed by atoms with Crippen LogP contribution in [-0.4, -0.2) is 21.8 Å². The molecule has 0 saturated heterocycles. The van der Waals surface area contributed by atoms with Crippen LogP contribution in [0.15, 0.2) is 64.4 Å². The Kier molecular flexibility index (Phi) is 4.26. The maximum absolute atomic E-state index is 12.8. The second-order valence-electron chi connectivity index (χ2n) is 6.49. The lowest BCUT2D eigenvalue weighted by molar-refractivity contribution is 0.0697. The number of aromatic carboxylic acids is 1. The Hall–Kier alpha value is -3.29. The Bertz CT molecular complexity index is 1330. The van der Waals surface area contributed by atoms with Crippen LogP contribution in [0.3, 0.4) is 0 Å². The molecule has 1 N–H and O–H groups in total. The molecule has 5 aromatic rings. The van der Waals surface area contributed by atoms with E-state index in [2.05, 4.69) is 4.98 Å². The van der Waals surface area contributed by atoms with Gasteiger partial charge in [-0.15, -0.1) is 22.7 Å². The Morgan fingerprint density at radius 2 is 1.86 bits per heavy atom. The first-order valence-corrected chi connectivity index (χ1v) is 10.5. The van der Waals surface area contributed by atoms with Crippen LogP contribution in [0, 0.1) is 0 Å². The van der Waals surface area contributed by atoms with Gasteiger partial charge in [0.1, 0.15) is 10.6 Å². The van der Waals surface area contributed by atoms with Gasteiger partial charge in [-0.2, -0.15) is 0 Å². The lowest BCUT2D eigenvalue weighted by atomic mass is 10.1. The van der Waals surface area contributed by atoms with Crippen LogP contribution in [0.5, 0.6) is 0 Å². The summed E-state index contributed by atoms with van der Waals surface area (Å²) in [5, 5.41) is 13.1. The molecule has 0 aliphatic carbocycles. The van der Waals surface area contributed by atoms with Crippen molar-refractivity contribution >= 4 is 55.6 Å². The maximum Gasteiger partial charge on any atom is 0.337 e. The Balaban J connectivity index is 1.52. The van der Waals surface area contributed by atoms with Gasteiger partial charge in [0, 0.05) is 27.6 Å². The zero-order chi connectivity index (χ0) is 20.0. The van der Waals surface area contributed by atoms with Crippen LogP contribution in [0.25, 0.3) is 31.8 Å². The van der Waals surface area contributed by atoms with Gasteiger partial charge in [-0.1, -0.05) is 30.3 Å². The number of rotatable bonds is 5. The fraction of sp³-hybridized carbons (Fsp3) is 0.0455. The summed E-state index contributed by atoms with van der Waals surface area (Å²) >= 11 is 2.70. The van der Waals surface area contributed by atoms with Crippen LogP contribution in [-0.2, 0) is 6.42 Å². The molecule has 0 fully saturated rings. The molecular weight excluding hydrogens is 406 g/mol. The molecule has 0 unspecified atom stereocenters. The number of carbonyl (C=O) groups is 2. The normalized spacial score (nSPS) is 11.3. The number of carbonyl (C=O) groups excluding carboxylic acids is 1. The van der Waals surface area contributed by atoms with Gasteiger partial charge in [0.05, 0.1) is 15.8 Å². The number of hydrogen-bond donors (Lipinski definition) is 1. The van der Waals surface area contributed by atoms with E-state index in [4.69, 9.17) is 4.42 Å². The molecule has 142 valence electrons. The standard InChI is InChI=1S/C22H13NO4S2/c24-15(17-9-12-5-1-3-7-16(12)27-17)10-19-20(22(25)26)13(11-28-19)21-23-14-6-2-4-8-18(14)29-21/h1-9,11H,10H2,(H,25,26). The number of para-hydroxylation sites is 2. The first-order valence-electron chi connectivity index (χ1n) is 8.81. The van der Waals surface area contributed by atoms with Crippen molar-refractivity contribution in [1.82, 2.24) is 4.98 Å². The summed E-state index contributed by atoms with van der Waals surface area (Å²) in [6.45, 7) is 0. The number of thiazole rings is 1. The van der Waals surface area contributed by atoms with E-state index in [1.807, 2.05) is 42.5 Å². The molecule has 0 bridgehead atoms. The Morgan fingerprint density at radius 1 is 1.07 bits per heavy atom. The first-order chi connectivity index (χ1) is 14.1. The van der Waals surface area contributed by atoms with Crippen LogP contribution < -0.4 is 0 Å². The number of aromatic nitrogens is 1. The van der Waals surface area contributed by atoms with Crippen molar-refractivity contribution in [2.24, 2.45) is 0 Å². The largest absolute Gasteiger partial charge is 0.478 e. The molecule has 5 rings (SSSR count). The molecule has 7 heteroatoms. The quantitative estimate of drug-likeness (QED) is 0.359. The first kappa shape index (κ1) is 17.8. The molecule has 0 radical (unpaired) electrons. The van der Waals surface area contributed by atoms with Gasteiger partial charge in [-0.25, -0.2) is 9.78 Å². The topological polar surface area (TPSA) is 80.4 Å². The van der Waals surface area contributed by atoms with Gasteiger partial charge >= 0.3 is 5.97 Å². The summed E-state index contributed by atoms with van der Waals surface area (Å²) in [4.78, 5) is 29.8. The van der Waals surface area contributed by atoms with Gasteiger partial charge in [-0.3, -0.25) is 4.79 Å². The molecule has 3 heterocycles. The van der Waals surface area contributed by atoms with Crippen molar-refractivity contribution in [2.75, 3.05) is 0 Å². The third-order valence-corrected chi connectivity index (χ3v) is 6.68. The highest BCUT2D eigenvalue weighted by atomic mass is 32.1.